The maximum Gasteiger partial charge on any atom is 0.261 e. The van der Waals surface area contributed by atoms with E-state index in [1.807, 2.05) is 43.3 Å². The van der Waals surface area contributed by atoms with Crippen molar-refractivity contribution in [1.29, 1.82) is 0 Å². The third kappa shape index (κ3) is 2.17. The lowest BCUT2D eigenvalue weighted by molar-refractivity contribution is 0.672. The number of benzene rings is 2. The van der Waals surface area contributed by atoms with Gasteiger partial charge in [0.2, 0.25) is 0 Å². The monoisotopic (exact) mass is 344 g/mol. The van der Waals surface area contributed by atoms with Gasteiger partial charge in [-0.2, -0.15) is 14.0 Å². The van der Waals surface area contributed by atoms with Gasteiger partial charge >= 0.3 is 0 Å². The standard InChI is InChI=1S/C16H13ClN4OS/c1-2-15-18-16-20-23(22,12-6-4-3-5-7-12)14-10-11(17)8-9-13(14)21(16)19-15/h3-10H,2H2,1H3. The molecule has 0 saturated heterocycles. The maximum atomic E-state index is 13.7. The van der Waals surface area contributed by atoms with Crippen LogP contribution in [0.15, 0.2) is 62.7 Å². The van der Waals surface area contributed by atoms with Crippen LogP contribution in [-0.2, 0) is 16.1 Å². The zero-order valence-corrected chi connectivity index (χ0v) is 13.9. The van der Waals surface area contributed by atoms with Gasteiger partial charge in [-0.05, 0) is 30.3 Å². The Labute approximate surface area is 139 Å². The van der Waals surface area contributed by atoms with Crippen LogP contribution in [0, 0.1) is 0 Å². The van der Waals surface area contributed by atoms with Gasteiger partial charge in [0, 0.05) is 11.4 Å². The van der Waals surface area contributed by atoms with E-state index in [4.69, 9.17) is 11.6 Å². The molecule has 0 amide bonds. The van der Waals surface area contributed by atoms with Crippen LogP contribution < -0.4 is 0 Å². The molecule has 0 aliphatic carbocycles. The van der Waals surface area contributed by atoms with Gasteiger partial charge in [-0.25, -0.2) is 4.21 Å². The summed E-state index contributed by atoms with van der Waals surface area (Å²) in [5.74, 6) is 1.03. The van der Waals surface area contributed by atoms with E-state index in [0.717, 1.165) is 0 Å². The van der Waals surface area contributed by atoms with Crippen LogP contribution in [-0.4, -0.2) is 19.0 Å². The first-order valence-corrected chi connectivity index (χ1v) is 9.09. The Hall–Kier alpha value is -2.18. The summed E-state index contributed by atoms with van der Waals surface area (Å²) < 4.78 is 19.8. The second kappa shape index (κ2) is 5.18. The summed E-state index contributed by atoms with van der Waals surface area (Å²) in [5, 5.41) is 4.96. The van der Waals surface area contributed by atoms with Crippen LogP contribution in [0.1, 0.15) is 12.7 Å². The molecule has 0 fully saturated rings. The number of aryl methyl sites for hydroxylation is 1. The highest BCUT2D eigenvalue weighted by Crippen LogP contribution is 2.37. The van der Waals surface area contributed by atoms with Crippen molar-refractivity contribution >= 4 is 27.3 Å². The molecule has 1 unspecified atom stereocenters. The van der Waals surface area contributed by atoms with E-state index >= 15 is 0 Å². The predicted octanol–water partition coefficient (Wildman–Crippen LogP) is 4.01. The average molecular weight is 345 g/mol. The smallest absolute Gasteiger partial charge is 0.239 e. The lowest BCUT2D eigenvalue weighted by Gasteiger charge is -2.19. The van der Waals surface area contributed by atoms with Crippen molar-refractivity contribution in [3.05, 3.63) is 59.4 Å². The second-order valence-electron chi connectivity index (χ2n) is 5.14. The fraction of sp³-hybridized carbons (Fsp3) is 0.125. The molecule has 7 heteroatoms. The summed E-state index contributed by atoms with van der Waals surface area (Å²) in [4.78, 5) is 5.59. The largest absolute Gasteiger partial charge is 0.261 e. The van der Waals surface area contributed by atoms with Gasteiger partial charge in [0.1, 0.15) is 9.73 Å². The molecule has 1 atom stereocenters. The third-order valence-electron chi connectivity index (χ3n) is 3.67. The van der Waals surface area contributed by atoms with Gasteiger partial charge in [0.05, 0.1) is 15.5 Å². The van der Waals surface area contributed by atoms with Crippen LogP contribution in [0.2, 0.25) is 5.02 Å². The lowest BCUT2D eigenvalue weighted by Crippen LogP contribution is -2.13. The van der Waals surface area contributed by atoms with Gasteiger partial charge in [-0.15, -0.1) is 5.10 Å². The van der Waals surface area contributed by atoms with Gasteiger partial charge in [-0.1, -0.05) is 36.7 Å². The van der Waals surface area contributed by atoms with E-state index in [0.29, 0.717) is 38.7 Å². The summed E-state index contributed by atoms with van der Waals surface area (Å²) in [7, 11) is -2.84. The molecule has 1 aromatic heterocycles. The fourth-order valence-corrected chi connectivity index (χ4v) is 4.84. The van der Waals surface area contributed by atoms with E-state index in [1.54, 1.807) is 16.8 Å². The molecule has 116 valence electrons. The number of fused-ring (bicyclic) bond motifs is 3. The molecular formula is C16H13ClN4OS. The number of hydrogen-bond acceptors (Lipinski definition) is 4. The van der Waals surface area contributed by atoms with E-state index in [1.165, 1.54) is 0 Å². The molecule has 1 aliphatic heterocycles. The van der Waals surface area contributed by atoms with Crippen molar-refractivity contribution in [3.63, 3.8) is 0 Å². The molecule has 1 aliphatic rings. The lowest BCUT2D eigenvalue weighted by atomic mass is 10.3. The first-order chi connectivity index (χ1) is 11.1. The van der Waals surface area contributed by atoms with Gasteiger partial charge < -0.3 is 0 Å². The Morgan fingerprint density at radius 1 is 1.17 bits per heavy atom. The van der Waals surface area contributed by atoms with E-state index in [2.05, 4.69) is 14.4 Å². The van der Waals surface area contributed by atoms with Crippen LogP contribution >= 0.6 is 11.6 Å². The average Bonchev–Trinajstić information content (AvgIpc) is 2.98. The Balaban J connectivity index is 2.11. The minimum atomic E-state index is -2.84. The highest BCUT2D eigenvalue weighted by molar-refractivity contribution is 7.94. The van der Waals surface area contributed by atoms with E-state index in [9.17, 15) is 4.21 Å². The molecule has 5 nitrogen and oxygen atoms in total. The second-order valence-corrected chi connectivity index (χ2v) is 7.72. The van der Waals surface area contributed by atoms with Crippen molar-refractivity contribution < 1.29 is 4.21 Å². The molecular weight excluding hydrogens is 332 g/mol. The quantitative estimate of drug-likeness (QED) is 0.552. The summed E-state index contributed by atoms with van der Waals surface area (Å²) in [6, 6.07) is 14.5. The minimum absolute atomic E-state index is 0.366. The number of aromatic nitrogens is 3. The minimum Gasteiger partial charge on any atom is -0.239 e. The molecule has 0 radical (unpaired) electrons. The van der Waals surface area contributed by atoms with Crippen molar-refractivity contribution in [1.82, 2.24) is 14.8 Å². The van der Waals surface area contributed by atoms with Crippen LogP contribution in [0.5, 0.6) is 0 Å². The predicted molar refractivity (Wildman–Crippen MR) is 89.0 cm³/mol. The summed E-state index contributed by atoms with van der Waals surface area (Å²) in [6.45, 7) is 1.97. The number of hydrogen-bond donors (Lipinski definition) is 0. The fourth-order valence-electron chi connectivity index (χ4n) is 2.55. The number of nitrogens with zero attached hydrogens (tertiary/aromatic N) is 4. The topological polar surface area (TPSA) is 60.1 Å². The Bertz CT molecular complexity index is 1020. The van der Waals surface area contributed by atoms with Crippen molar-refractivity contribution in [2.24, 2.45) is 4.36 Å². The summed E-state index contributed by atoms with van der Waals surface area (Å²) >= 11 is 6.14. The normalized spacial score (nSPS) is 18.9. The van der Waals surface area contributed by atoms with Crippen LogP contribution in [0.3, 0.4) is 0 Å². The van der Waals surface area contributed by atoms with E-state index < -0.39 is 9.73 Å². The van der Waals surface area contributed by atoms with Crippen molar-refractivity contribution in [3.8, 4) is 5.69 Å². The highest BCUT2D eigenvalue weighted by Gasteiger charge is 2.29. The van der Waals surface area contributed by atoms with Crippen molar-refractivity contribution in [2.45, 2.75) is 23.1 Å². The Morgan fingerprint density at radius 3 is 2.70 bits per heavy atom. The SMILES string of the molecule is CCc1nc2n(n1)-c1ccc(Cl)cc1S(=O)(c1ccccc1)=N2. The van der Waals surface area contributed by atoms with Gasteiger partial charge in [0.15, 0.2) is 5.82 Å². The highest BCUT2D eigenvalue weighted by atomic mass is 35.5. The molecule has 0 bridgehead atoms. The Morgan fingerprint density at radius 2 is 1.96 bits per heavy atom. The van der Waals surface area contributed by atoms with E-state index in [-0.39, 0.29) is 0 Å². The number of halogens is 1. The molecule has 0 saturated carbocycles. The van der Waals surface area contributed by atoms with Crippen LogP contribution in [0.4, 0.5) is 5.95 Å². The molecule has 0 N–H and O–H groups in total. The van der Waals surface area contributed by atoms with Crippen LogP contribution in [0.25, 0.3) is 5.69 Å². The zero-order valence-electron chi connectivity index (χ0n) is 12.3. The first-order valence-electron chi connectivity index (χ1n) is 7.20. The Kier molecular flexibility index (Phi) is 3.25. The maximum absolute atomic E-state index is 13.7. The molecule has 3 aromatic rings. The zero-order chi connectivity index (χ0) is 16.0. The molecule has 4 rings (SSSR count). The summed E-state index contributed by atoms with van der Waals surface area (Å²) in [6.07, 6.45) is 0.685. The van der Waals surface area contributed by atoms with Gasteiger partial charge in [-0.3, -0.25) is 0 Å². The molecule has 2 aromatic carbocycles. The molecule has 2 heterocycles. The number of rotatable bonds is 2. The first kappa shape index (κ1) is 14.4. The summed E-state index contributed by atoms with van der Waals surface area (Å²) in [5.41, 5.74) is 0.709. The van der Waals surface area contributed by atoms with Crippen molar-refractivity contribution in [2.75, 3.05) is 0 Å². The molecule has 23 heavy (non-hydrogen) atoms. The third-order valence-corrected chi connectivity index (χ3v) is 6.16. The van der Waals surface area contributed by atoms with Gasteiger partial charge in [0.25, 0.3) is 5.95 Å². The molecule has 0 spiro atoms.